The van der Waals surface area contributed by atoms with Gasteiger partial charge in [0.1, 0.15) is 44.9 Å². The first-order valence-corrected chi connectivity index (χ1v) is 14.7. The van der Waals surface area contributed by atoms with Crippen molar-refractivity contribution in [3.8, 4) is 22.9 Å². The van der Waals surface area contributed by atoms with Crippen molar-refractivity contribution in [2.45, 2.75) is 76.7 Å². The monoisotopic (exact) mass is 586 g/mol. The molecule has 6 aromatic rings. The summed E-state index contributed by atoms with van der Waals surface area (Å²) in [6.07, 6.45) is 0. The highest BCUT2D eigenvalue weighted by Crippen LogP contribution is 2.23. The maximum Gasteiger partial charge on any atom is 0.143 e. The van der Waals surface area contributed by atoms with Crippen molar-refractivity contribution in [1.29, 1.82) is 0 Å². The fraction of sp³-hybridized carbons (Fsp3) is 0.314. The molecule has 0 spiro atoms. The molecular formula is C35H50N6O2. The van der Waals surface area contributed by atoms with Crippen LogP contribution >= 0.6 is 0 Å². The molecule has 0 unspecified atom stereocenters. The van der Waals surface area contributed by atoms with Gasteiger partial charge in [-0.1, -0.05) is 99.2 Å². The van der Waals surface area contributed by atoms with Crippen molar-refractivity contribution >= 4 is 22.1 Å². The summed E-state index contributed by atoms with van der Waals surface area (Å²) in [5.74, 6) is 0.354. The SMILES string of the molecule is C.CC.CC.CC.CC.Cc1ccc(O)c(-n2nc3ccccc3n2)c1.Cc1ccc(O)c(-n2nc3ccccc3n2)c1. The van der Waals surface area contributed by atoms with Crippen molar-refractivity contribution in [3.05, 3.63) is 96.1 Å². The Labute approximate surface area is 257 Å². The van der Waals surface area contributed by atoms with Gasteiger partial charge in [-0.05, 0) is 73.5 Å². The van der Waals surface area contributed by atoms with Crippen LogP contribution < -0.4 is 0 Å². The Kier molecular flexibility index (Phi) is 18.0. The second-order valence-corrected chi connectivity index (χ2v) is 7.94. The zero-order valence-corrected chi connectivity index (χ0v) is 26.7. The van der Waals surface area contributed by atoms with Crippen LogP contribution in [0.5, 0.6) is 11.5 Å². The molecule has 0 atom stereocenters. The molecule has 2 heterocycles. The third-order valence-corrected chi connectivity index (χ3v) is 5.27. The molecule has 0 bridgehead atoms. The highest BCUT2D eigenvalue weighted by molar-refractivity contribution is 5.74. The molecule has 0 amide bonds. The van der Waals surface area contributed by atoms with E-state index in [-0.39, 0.29) is 18.9 Å². The Morgan fingerprint density at radius 2 is 0.698 bits per heavy atom. The fourth-order valence-electron chi connectivity index (χ4n) is 3.52. The zero-order chi connectivity index (χ0) is 31.7. The van der Waals surface area contributed by atoms with Crippen molar-refractivity contribution in [2.24, 2.45) is 0 Å². The van der Waals surface area contributed by atoms with E-state index in [4.69, 9.17) is 0 Å². The van der Waals surface area contributed by atoms with Gasteiger partial charge in [0.15, 0.2) is 0 Å². The van der Waals surface area contributed by atoms with Gasteiger partial charge in [-0.15, -0.1) is 30.0 Å². The minimum atomic E-state index is 0. The smallest absolute Gasteiger partial charge is 0.143 e. The van der Waals surface area contributed by atoms with Gasteiger partial charge in [0.2, 0.25) is 0 Å². The van der Waals surface area contributed by atoms with E-state index >= 15 is 0 Å². The molecular weight excluding hydrogens is 536 g/mol. The molecule has 2 aromatic heterocycles. The first-order chi connectivity index (χ1) is 20.5. The first-order valence-electron chi connectivity index (χ1n) is 14.7. The number of rotatable bonds is 2. The molecule has 0 saturated carbocycles. The second kappa shape index (κ2) is 20.2. The van der Waals surface area contributed by atoms with E-state index in [0.29, 0.717) is 11.4 Å². The standard InChI is InChI=1S/2C13H11N3O.4C2H6.CH4/c2*1-9-6-7-13(17)12(8-9)16-14-10-4-2-3-5-11(10)15-16;4*1-2;/h2*2-8,17H,1H3;4*1-2H3;1H4. The highest BCUT2D eigenvalue weighted by atomic mass is 16.3. The van der Waals surface area contributed by atoms with E-state index in [2.05, 4.69) is 20.4 Å². The summed E-state index contributed by atoms with van der Waals surface area (Å²) >= 11 is 0. The largest absolute Gasteiger partial charge is 0.506 e. The summed E-state index contributed by atoms with van der Waals surface area (Å²) < 4.78 is 0. The lowest BCUT2D eigenvalue weighted by atomic mass is 10.2. The third kappa shape index (κ3) is 10.3. The number of fused-ring (bicyclic) bond motifs is 2. The molecule has 2 N–H and O–H groups in total. The van der Waals surface area contributed by atoms with E-state index in [0.717, 1.165) is 33.2 Å². The van der Waals surface area contributed by atoms with Gasteiger partial charge < -0.3 is 10.2 Å². The van der Waals surface area contributed by atoms with Crippen LogP contribution in [0, 0.1) is 13.8 Å². The molecule has 0 aliphatic heterocycles. The Morgan fingerprint density at radius 1 is 0.442 bits per heavy atom. The Hall–Kier alpha value is -4.72. The summed E-state index contributed by atoms with van der Waals surface area (Å²) in [6.45, 7) is 19.9. The van der Waals surface area contributed by atoms with Crippen LogP contribution in [0.4, 0.5) is 0 Å². The molecule has 6 rings (SSSR count). The lowest BCUT2D eigenvalue weighted by molar-refractivity contribution is 0.467. The summed E-state index contributed by atoms with van der Waals surface area (Å²) in [5.41, 5.74) is 6.56. The Bertz CT molecular complexity index is 1430. The molecule has 0 aliphatic carbocycles. The second-order valence-electron chi connectivity index (χ2n) is 7.94. The Balaban J connectivity index is 0.000000655. The summed E-state index contributed by atoms with van der Waals surface area (Å²) in [6, 6.07) is 25.9. The quantitative estimate of drug-likeness (QED) is 0.209. The minimum absolute atomic E-state index is 0. The molecule has 43 heavy (non-hydrogen) atoms. The van der Waals surface area contributed by atoms with Crippen LogP contribution in [0.3, 0.4) is 0 Å². The molecule has 0 saturated heterocycles. The highest BCUT2D eigenvalue weighted by Gasteiger charge is 2.09. The Morgan fingerprint density at radius 3 is 0.953 bits per heavy atom. The molecule has 8 heteroatoms. The molecule has 0 fully saturated rings. The average Bonchev–Trinajstić information content (AvgIpc) is 3.68. The van der Waals surface area contributed by atoms with Crippen molar-refractivity contribution in [1.82, 2.24) is 30.0 Å². The van der Waals surface area contributed by atoms with Crippen LogP contribution in [-0.2, 0) is 0 Å². The first kappa shape index (κ1) is 38.3. The maximum absolute atomic E-state index is 9.81. The van der Waals surface area contributed by atoms with Gasteiger partial charge in [0.25, 0.3) is 0 Å². The van der Waals surface area contributed by atoms with Crippen molar-refractivity contribution in [2.75, 3.05) is 0 Å². The minimum Gasteiger partial charge on any atom is -0.506 e. The predicted molar refractivity (Wildman–Crippen MR) is 183 cm³/mol. The van der Waals surface area contributed by atoms with Gasteiger partial charge in [0.05, 0.1) is 0 Å². The maximum atomic E-state index is 9.81. The van der Waals surface area contributed by atoms with Crippen molar-refractivity contribution in [3.63, 3.8) is 0 Å². The van der Waals surface area contributed by atoms with E-state index in [1.54, 1.807) is 12.1 Å². The van der Waals surface area contributed by atoms with Gasteiger partial charge in [-0.2, -0.15) is 0 Å². The number of benzene rings is 4. The van der Waals surface area contributed by atoms with Gasteiger partial charge in [0, 0.05) is 0 Å². The molecule has 232 valence electrons. The predicted octanol–water partition coefficient (Wildman–Crippen LogP) is 9.61. The molecule has 8 nitrogen and oxygen atoms in total. The number of hydrogen-bond acceptors (Lipinski definition) is 6. The summed E-state index contributed by atoms with van der Waals surface area (Å²) in [4.78, 5) is 2.93. The van der Waals surface area contributed by atoms with Crippen LogP contribution in [-0.4, -0.2) is 40.2 Å². The van der Waals surface area contributed by atoms with E-state index in [1.807, 2.05) is 142 Å². The number of phenols is 2. The number of aryl methyl sites for hydroxylation is 2. The molecule has 0 aliphatic rings. The van der Waals surface area contributed by atoms with Crippen LogP contribution in [0.15, 0.2) is 84.9 Å². The van der Waals surface area contributed by atoms with E-state index in [1.165, 1.54) is 9.59 Å². The van der Waals surface area contributed by atoms with E-state index in [9.17, 15) is 10.2 Å². The lowest BCUT2D eigenvalue weighted by Gasteiger charge is -2.03. The topological polar surface area (TPSA) is 102 Å². The molecule has 0 radical (unpaired) electrons. The third-order valence-electron chi connectivity index (χ3n) is 5.27. The van der Waals surface area contributed by atoms with E-state index < -0.39 is 0 Å². The number of aromatic nitrogens is 6. The van der Waals surface area contributed by atoms with Crippen LogP contribution in [0.1, 0.15) is 73.9 Å². The number of phenolic OH excluding ortho intramolecular Hbond substituents is 2. The number of nitrogens with zero attached hydrogens (tertiary/aromatic N) is 6. The van der Waals surface area contributed by atoms with Gasteiger partial charge >= 0.3 is 0 Å². The average molecular weight is 587 g/mol. The number of hydrogen-bond donors (Lipinski definition) is 2. The normalized spacial score (nSPS) is 9.16. The van der Waals surface area contributed by atoms with Gasteiger partial charge in [-0.3, -0.25) is 0 Å². The summed E-state index contributed by atoms with van der Waals surface area (Å²) in [5, 5.41) is 36.9. The zero-order valence-electron chi connectivity index (χ0n) is 26.7. The summed E-state index contributed by atoms with van der Waals surface area (Å²) in [7, 11) is 0. The van der Waals surface area contributed by atoms with Crippen LogP contribution in [0.2, 0.25) is 0 Å². The fourth-order valence-corrected chi connectivity index (χ4v) is 3.52. The van der Waals surface area contributed by atoms with Crippen LogP contribution in [0.25, 0.3) is 33.4 Å². The lowest BCUT2D eigenvalue weighted by Crippen LogP contribution is -1.99. The van der Waals surface area contributed by atoms with Gasteiger partial charge in [-0.25, -0.2) is 0 Å². The van der Waals surface area contributed by atoms with Crippen molar-refractivity contribution < 1.29 is 10.2 Å². The molecule has 4 aromatic carbocycles. The number of aromatic hydroxyl groups is 2.